The van der Waals surface area contributed by atoms with E-state index in [0.717, 1.165) is 24.6 Å². The molecule has 92 valence electrons. The number of rotatable bonds is 5. The van der Waals surface area contributed by atoms with Crippen LogP contribution in [0.5, 0.6) is 0 Å². The highest BCUT2D eigenvalue weighted by molar-refractivity contribution is 7.10. The number of nitrogens with one attached hydrogen (secondary N) is 1. The summed E-state index contributed by atoms with van der Waals surface area (Å²) in [5.41, 5.74) is 0.791. The molecule has 0 aromatic carbocycles. The van der Waals surface area contributed by atoms with Crippen LogP contribution in [-0.2, 0) is 6.54 Å². The van der Waals surface area contributed by atoms with E-state index in [1.807, 2.05) is 11.4 Å². The summed E-state index contributed by atoms with van der Waals surface area (Å²) in [6.07, 6.45) is 8.48. The Balaban J connectivity index is 1.61. The molecule has 1 fully saturated rings. The molecule has 0 bridgehead atoms. The standard InChI is InChI=1S/C14H20N2S/c15-9-13-8-14(17-11-13)10-16-7-6-12-4-2-1-3-5-12/h8,11-12,16H,1-7,10H2. The molecule has 2 nitrogen and oxygen atoms in total. The molecule has 0 radical (unpaired) electrons. The van der Waals surface area contributed by atoms with Crippen LogP contribution >= 0.6 is 11.3 Å². The van der Waals surface area contributed by atoms with E-state index < -0.39 is 0 Å². The first-order chi connectivity index (χ1) is 8.38. The second-order valence-electron chi connectivity index (χ2n) is 4.88. The zero-order chi connectivity index (χ0) is 11.9. The summed E-state index contributed by atoms with van der Waals surface area (Å²) in [7, 11) is 0. The van der Waals surface area contributed by atoms with Gasteiger partial charge < -0.3 is 5.32 Å². The van der Waals surface area contributed by atoms with E-state index >= 15 is 0 Å². The van der Waals surface area contributed by atoms with Crippen molar-refractivity contribution in [1.29, 1.82) is 5.26 Å². The Morgan fingerprint density at radius 1 is 1.35 bits per heavy atom. The summed E-state index contributed by atoms with van der Waals surface area (Å²) in [4.78, 5) is 1.27. The number of hydrogen-bond acceptors (Lipinski definition) is 3. The fourth-order valence-corrected chi connectivity index (χ4v) is 3.31. The Kier molecular flexibility index (Phi) is 5.03. The van der Waals surface area contributed by atoms with Gasteiger partial charge in [0.1, 0.15) is 6.07 Å². The molecule has 1 aliphatic carbocycles. The number of nitrogens with zero attached hydrogens (tertiary/aromatic N) is 1. The predicted octanol–water partition coefficient (Wildman–Crippen LogP) is 3.68. The van der Waals surface area contributed by atoms with Crippen LogP contribution < -0.4 is 5.32 Å². The van der Waals surface area contributed by atoms with Crippen molar-refractivity contribution in [1.82, 2.24) is 5.32 Å². The first-order valence-electron chi connectivity index (χ1n) is 6.56. The first kappa shape index (κ1) is 12.6. The van der Waals surface area contributed by atoms with Crippen LogP contribution in [0, 0.1) is 17.2 Å². The summed E-state index contributed by atoms with van der Waals surface area (Å²) < 4.78 is 0. The van der Waals surface area contributed by atoms with Crippen molar-refractivity contribution in [2.75, 3.05) is 6.54 Å². The van der Waals surface area contributed by atoms with E-state index in [9.17, 15) is 0 Å². The van der Waals surface area contributed by atoms with Gasteiger partial charge >= 0.3 is 0 Å². The lowest BCUT2D eigenvalue weighted by atomic mass is 9.87. The maximum Gasteiger partial charge on any atom is 0.100 e. The van der Waals surface area contributed by atoms with Gasteiger partial charge in [-0.05, 0) is 24.9 Å². The Hall–Kier alpha value is -0.850. The Morgan fingerprint density at radius 3 is 2.88 bits per heavy atom. The van der Waals surface area contributed by atoms with Crippen molar-refractivity contribution in [3.63, 3.8) is 0 Å². The maximum absolute atomic E-state index is 8.73. The topological polar surface area (TPSA) is 35.8 Å². The average Bonchev–Trinajstić information content (AvgIpc) is 2.84. The van der Waals surface area contributed by atoms with Crippen LogP contribution in [0.25, 0.3) is 0 Å². The molecular formula is C14H20N2S. The van der Waals surface area contributed by atoms with Gasteiger partial charge in [0.2, 0.25) is 0 Å². The lowest BCUT2D eigenvalue weighted by molar-refractivity contribution is 0.334. The van der Waals surface area contributed by atoms with Crippen molar-refractivity contribution in [2.45, 2.75) is 45.1 Å². The minimum absolute atomic E-state index is 0.791. The molecule has 1 aliphatic rings. The van der Waals surface area contributed by atoms with E-state index in [0.29, 0.717) is 0 Å². The third kappa shape index (κ3) is 4.14. The molecule has 0 spiro atoms. The molecular weight excluding hydrogens is 228 g/mol. The summed E-state index contributed by atoms with van der Waals surface area (Å²) in [6.45, 7) is 2.03. The second-order valence-corrected chi connectivity index (χ2v) is 5.88. The predicted molar refractivity (Wildman–Crippen MR) is 71.9 cm³/mol. The minimum atomic E-state index is 0.791. The lowest BCUT2D eigenvalue weighted by Gasteiger charge is -2.21. The highest BCUT2D eigenvalue weighted by atomic mass is 32.1. The van der Waals surface area contributed by atoms with Gasteiger partial charge in [-0.2, -0.15) is 5.26 Å². The van der Waals surface area contributed by atoms with Gasteiger partial charge in [-0.3, -0.25) is 0 Å². The van der Waals surface area contributed by atoms with E-state index in [-0.39, 0.29) is 0 Å². The molecule has 1 aromatic rings. The van der Waals surface area contributed by atoms with Crippen molar-refractivity contribution < 1.29 is 0 Å². The first-order valence-corrected chi connectivity index (χ1v) is 7.44. The molecule has 1 aromatic heterocycles. The van der Waals surface area contributed by atoms with E-state index in [1.54, 1.807) is 11.3 Å². The molecule has 2 rings (SSSR count). The summed E-state index contributed by atoms with van der Waals surface area (Å²) in [5, 5.41) is 14.1. The number of hydrogen-bond donors (Lipinski definition) is 1. The smallest absolute Gasteiger partial charge is 0.100 e. The van der Waals surface area contributed by atoms with E-state index in [2.05, 4.69) is 11.4 Å². The van der Waals surface area contributed by atoms with Crippen LogP contribution in [-0.4, -0.2) is 6.54 Å². The molecule has 17 heavy (non-hydrogen) atoms. The van der Waals surface area contributed by atoms with E-state index in [1.165, 1.54) is 43.4 Å². The van der Waals surface area contributed by atoms with Gasteiger partial charge in [0.15, 0.2) is 0 Å². The van der Waals surface area contributed by atoms with Crippen molar-refractivity contribution in [3.8, 4) is 6.07 Å². The summed E-state index contributed by atoms with van der Waals surface area (Å²) in [5.74, 6) is 0.953. The quantitative estimate of drug-likeness (QED) is 0.807. The second kappa shape index (κ2) is 6.78. The number of thiophene rings is 1. The van der Waals surface area contributed by atoms with Crippen LogP contribution in [0.15, 0.2) is 11.4 Å². The zero-order valence-electron chi connectivity index (χ0n) is 10.2. The largest absolute Gasteiger partial charge is 0.312 e. The molecule has 0 saturated heterocycles. The van der Waals surface area contributed by atoms with E-state index in [4.69, 9.17) is 5.26 Å². The molecule has 0 amide bonds. The van der Waals surface area contributed by atoms with Gasteiger partial charge in [-0.15, -0.1) is 11.3 Å². The monoisotopic (exact) mass is 248 g/mol. The van der Waals surface area contributed by atoms with Gasteiger partial charge in [-0.1, -0.05) is 32.1 Å². The Morgan fingerprint density at radius 2 is 2.18 bits per heavy atom. The summed E-state index contributed by atoms with van der Waals surface area (Å²) in [6, 6.07) is 4.16. The maximum atomic E-state index is 8.73. The molecule has 0 unspecified atom stereocenters. The zero-order valence-corrected chi connectivity index (χ0v) is 11.1. The van der Waals surface area contributed by atoms with Crippen molar-refractivity contribution >= 4 is 11.3 Å². The fraction of sp³-hybridized carbons (Fsp3) is 0.643. The number of nitriles is 1. The van der Waals surface area contributed by atoms with Gasteiger partial charge in [-0.25, -0.2) is 0 Å². The van der Waals surface area contributed by atoms with Crippen LogP contribution in [0.3, 0.4) is 0 Å². The highest BCUT2D eigenvalue weighted by Crippen LogP contribution is 2.25. The fourth-order valence-electron chi connectivity index (χ4n) is 2.53. The molecule has 3 heteroatoms. The van der Waals surface area contributed by atoms with Gasteiger partial charge in [0.25, 0.3) is 0 Å². The van der Waals surface area contributed by atoms with Crippen molar-refractivity contribution in [3.05, 3.63) is 21.9 Å². The molecule has 1 saturated carbocycles. The summed E-state index contributed by atoms with van der Waals surface area (Å²) >= 11 is 1.68. The van der Waals surface area contributed by atoms with Gasteiger partial charge in [0.05, 0.1) is 5.56 Å². The minimum Gasteiger partial charge on any atom is -0.312 e. The van der Waals surface area contributed by atoms with Crippen molar-refractivity contribution in [2.24, 2.45) is 5.92 Å². The van der Waals surface area contributed by atoms with Crippen LogP contribution in [0.4, 0.5) is 0 Å². The average molecular weight is 248 g/mol. The van der Waals surface area contributed by atoms with Crippen LogP contribution in [0.2, 0.25) is 0 Å². The molecule has 1 N–H and O–H groups in total. The highest BCUT2D eigenvalue weighted by Gasteiger charge is 2.12. The SMILES string of the molecule is N#Cc1csc(CNCCC2CCCCC2)c1. The third-order valence-electron chi connectivity index (χ3n) is 3.54. The molecule has 0 aliphatic heterocycles. The molecule has 0 atom stereocenters. The third-order valence-corrected chi connectivity index (χ3v) is 4.47. The lowest BCUT2D eigenvalue weighted by Crippen LogP contribution is -2.18. The normalized spacial score (nSPS) is 16.9. The van der Waals surface area contributed by atoms with Crippen LogP contribution in [0.1, 0.15) is 49.0 Å². The molecule has 1 heterocycles. The Bertz CT molecular complexity index is 372. The van der Waals surface area contributed by atoms with Gasteiger partial charge in [0, 0.05) is 16.8 Å². The Labute approximate surface area is 108 Å².